The first-order chi connectivity index (χ1) is 14.6. The molecule has 2 aromatic carbocycles. The van der Waals surface area contributed by atoms with Gasteiger partial charge in [-0.25, -0.2) is 17.8 Å². The van der Waals surface area contributed by atoms with Gasteiger partial charge in [-0.3, -0.25) is 10.1 Å². The van der Waals surface area contributed by atoms with Crippen molar-refractivity contribution in [3.8, 4) is 0 Å². The van der Waals surface area contributed by atoms with Gasteiger partial charge >= 0.3 is 0 Å². The molecule has 1 aromatic heterocycles. The third-order valence-corrected chi connectivity index (χ3v) is 7.22. The molecule has 1 heterocycles. The SMILES string of the molecule is CC(C)CN(CC(C)C)S(=O)(=O)c1ccc2nc(NC(=O)c3ccc(F)cc3)sc2c1. The molecule has 6 nitrogen and oxygen atoms in total. The summed E-state index contributed by atoms with van der Waals surface area (Å²) in [6, 6.07) is 10.0. The van der Waals surface area contributed by atoms with Crippen molar-refractivity contribution in [3.63, 3.8) is 0 Å². The van der Waals surface area contributed by atoms with Crippen LogP contribution in [-0.4, -0.2) is 36.7 Å². The molecule has 31 heavy (non-hydrogen) atoms. The molecule has 0 bridgehead atoms. The Morgan fingerprint density at radius 1 is 1.06 bits per heavy atom. The number of carbonyl (C=O) groups excluding carboxylic acids is 1. The monoisotopic (exact) mass is 463 g/mol. The zero-order valence-corrected chi connectivity index (χ0v) is 19.6. The van der Waals surface area contributed by atoms with Gasteiger partial charge in [0.25, 0.3) is 5.91 Å². The summed E-state index contributed by atoms with van der Waals surface area (Å²) in [4.78, 5) is 16.9. The smallest absolute Gasteiger partial charge is 0.257 e. The molecular weight excluding hydrogens is 437 g/mol. The zero-order chi connectivity index (χ0) is 22.8. The van der Waals surface area contributed by atoms with E-state index in [1.807, 2.05) is 27.7 Å². The number of halogens is 1. The summed E-state index contributed by atoms with van der Waals surface area (Å²) in [5.74, 6) is -0.427. The first kappa shape index (κ1) is 23.3. The molecule has 3 aromatic rings. The topological polar surface area (TPSA) is 79.4 Å². The number of hydrogen-bond donors (Lipinski definition) is 1. The summed E-state index contributed by atoms with van der Waals surface area (Å²) in [5.41, 5.74) is 0.902. The maximum atomic E-state index is 13.3. The van der Waals surface area contributed by atoms with Crippen LogP contribution in [-0.2, 0) is 10.0 Å². The lowest BCUT2D eigenvalue weighted by Crippen LogP contribution is -2.37. The minimum absolute atomic E-state index is 0.203. The van der Waals surface area contributed by atoms with Crippen molar-refractivity contribution < 1.29 is 17.6 Å². The van der Waals surface area contributed by atoms with Gasteiger partial charge < -0.3 is 0 Å². The van der Waals surface area contributed by atoms with E-state index in [1.54, 1.807) is 18.2 Å². The predicted octanol–water partition coefficient (Wildman–Crippen LogP) is 4.99. The van der Waals surface area contributed by atoms with Gasteiger partial charge in [0, 0.05) is 18.7 Å². The van der Waals surface area contributed by atoms with Crippen LogP contribution in [0.1, 0.15) is 38.1 Å². The number of sulfonamides is 1. The number of thiazole rings is 1. The minimum atomic E-state index is -3.65. The number of rotatable bonds is 8. The van der Waals surface area contributed by atoms with Crippen LogP contribution < -0.4 is 5.32 Å². The van der Waals surface area contributed by atoms with Crippen molar-refractivity contribution in [2.45, 2.75) is 32.6 Å². The normalized spacial score (nSPS) is 12.3. The Hall–Kier alpha value is -2.36. The molecule has 0 aliphatic carbocycles. The van der Waals surface area contributed by atoms with Gasteiger partial charge in [-0.2, -0.15) is 4.31 Å². The van der Waals surface area contributed by atoms with Gasteiger partial charge in [0.05, 0.1) is 15.1 Å². The zero-order valence-electron chi connectivity index (χ0n) is 17.9. The number of aromatic nitrogens is 1. The number of benzene rings is 2. The first-order valence-electron chi connectivity index (χ1n) is 10.0. The Balaban J connectivity index is 1.87. The number of nitrogens with one attached hydrogen (secondary N) is 1. The fraction of sp³-hybridized carbons (Fsp3) is 0.364. The van der Waals surface area contributed by atoms with Crippen LogP contribution in [0, 0.1) is 17.7 Å². The van der Waals surface area contributed by atoms with Gasteiger partial charge in [0.1, 0.15) is 5.82 Å². The fourth-order valence-corrected chi connectivity index (χ4v) is 5.89. The Labute approximate surface area is 186 Å². The molecule has 0 atom stereocenters. The Morgan fingerprint density at radius 3 is 2.26 bits per heavy atom. The van der Waals surface area contributed by atoms with Gasteiger partial charge in [-0.15, -0.1) is 0 Å². The molecule has 0 aliphatic heterocycles. The van der Waals surface area contributed by atoms with Crippen molar-refractivity contribution in [1.82, 2.24) is 9.29 Å². The molecule has 0 saturated heterocycles. The molecule has 9 heteroatoms. The summed E-state index contributed by atoms with van der Waals surface area (Å²) in [6.07, 6.45) is 0. The van der Waals surface area contributed by atoms with Crippen LogP contribution in [0.5, 0.6) is 0 Å². The van der Waals surface area contributed by atoms with Crippen LogP contribution in [0.25, 0.3) is 10.2 Å². The maximum absolute atomic E-state index is 13.3. The largest absolute Gasteiger partial charge is 0.298 e. The lowest BCUT2D eigenvalue weighted by Gasteiger charge is -2.25. The molecule has 0 radical (unpaired) electrons. The first-order valence-corrected chi connectivity index (χ1v) is 12.3. The number of nitrogens with zero attached hydrogens (tertiary/aromatic N) is 2. The average Bonchev–Trinajstić information content (AvgIpc) is 3.08. The molecule has 0 unspecified atom stereocenters. The van der Waals surface area contributed by atoms with Crippen molar-refractivity contribution in [3.05, 3.63) is 53.8 Å². The number of carbonyl (C=O) groups is 1. The molecule has 1 amide bonds. The van der Waals surface area contributed by atoms with E-state index < -0.39 is 21.7 Å². The highest BCUT2D eigenvalue weighted by molar-refractivity contribution is 7.89. The van der Waals surface area contributed by atoms with Gasteiger partial charge in [-0.1, -0.05) is 39.0 Å². The molecule has 0 aliphatic rings. The Kier molecular flexibility index (Phi) is 7.08. The van der Waals surface area contributed by atoms with Crippen molar-refractivity contribution in [2.24, 2.45) is 11.8 Å². The van der Waals surface area contributed by atoms with Crippen LogP contribution in [0.15, 0.2) is 47.4 Å². The van der Waals surface area contributed by atoms with Crippen LogP contribution in [0.2, 0.25) is 0 Å². The van der Waals surface area contributed by atoms with E-state index >= 15 is 0 Å². The Morgan fingerprint density at radius 2 is 1.68 bits per heavy atom. The third kappa shape index (κ3) is 5.66. The molecule has 3 rings (SSSR count). The summed E-state index contributed by atoms with van der Waals surface area (Å²) >= 11 is 1.19. The van der Waals surface area contributed by atoms with E-state index in [1.165, 1.54) is 39.9 Å². The van der Waals surface area contributed by atoms with Crippen molar-refractivity contribution in [2.75, 3.05) is 18.4 Å². The minimum Gasteiger partial charge on any atom is -0.298 e. The van der Waals surface area contributed by atoms with Crippen LogP contribution in [0.4, 0.5) is 9.52 Å². The number of amides is 1. The van der Waals surface area contributed by atoms with Gasteiger partial charge in [0.2, 0.25) is 10.0 Å². The lowest BCUT2D eigenvalue weighted by atomic mass is 10.2. The second-order valence-corrected chi connectivity index (χ2v) is 11.2. The van der Waals surface area contributed by atoms with E-state index in [9.17, 15) is 17.6 Å². The summed E-state index contributed by atoms with van der Waals surface area (Å²) in [6.45, 7) is 8.85. The predicted molar refractivity (Wildman–Crippen MR) is 122 cm³/mol. The Bertz CT molecular complexity index is 1160. The molecule has 1 N–H and O–H groups in total. The van der Waals surface area contributed by atoms with Crippen LogP contribution in [0.3, 0.4) is 0 Å². The quantitative estimate of drug-likeness (QED) is 0.510. The lowest BCUT2D eigenvalue weighted by molar-refractivity contribution is 0.102. The van der Waals surface area contributed by atoms with Crippen molar-refractivity contribution in [1.29, 1.82) is 0 Å². The summed E-state index contributed by atoms with van der Waals surface area (Å²) < 4.78 is 41.7. The maximum Gasteiger partial charge on any atom is 0.257 e. The van der Waals surface area contributed by atoms with E-state index in [4.69, 9.17) is 0 Å². The molecule has 0 fully saturated rings. The molecule has 166 valence electrons. The highest BCUT2D eigenvalue weighted by Crippen LogP contribution is 2.30. The van der Waals surface area contributed by atoms with Gasteiger partial charge in [0.15, 0.2) is 5.13 Å². The molecular formula is C22H26FN3O3S2. The van der Waals surface area contributed by atoms with Crippen molar-refractivity contribution >= 4 is 42.6 Å². The highest BCUT2D eigenvalue weighted by atomic mass is 32.2. The molecule has 0 saturated carbocycles. The van der Waals surface area contributed by atoms with E-state index in [0.29, 0.717) is 34.0 Å². The van der Waals surface area contributed by atoms with E-state index in [0.717, 1.165) is 0 Å². The number of anilines is 1. The summed E-state index contributed by atoms with van der Waals surface area (Å²) in [7, 11) is -3.65. The van der Waals surface area contributed by atoms with Crippen LogP contribution >= 0.6 is 11.3 Å². The van der Waals surface area contributed by atoms with E-state index in [2.05, 4.69) is 10.3 Å². The van der Waals surface area contributed by atoms with E-state index in [-0.39, 0.29) is 16.7 Å². The van der Waals surface area contributed by atoms with Gasteiger partial charge in [-0.05, 0) is 54.3 Å². The average molecular weight is 464 g/mol. The summed E-state index contributed by atoms with van der Waals surface area (Å²) in [5, 5.41) is 3.03. The number of hydrogen-bond acceptors (Lipinski definition) is 5. The highest BCUT2D eigenvalue weighted by Gasteiger charge is 2.26. The second-order valence-electron chi connectivity index (χ2n) is 8.22. The fourth-order valence-electron chi connectivity index (χ4n) is 3.12. The third-order valence-electron chi connectivity index (χ3n) is 4.46. The number of fused-ring (bicyclic) bond motifs is 1. The second kappa shape index (κ2) is 9.42. The standard InChI is InChI=1S/C22H26FN3O3S2/c1-14(2)12-26(13-15(3)4)31(28,29)18-9-10-19-20(11-18)30-22(24-19)25-21(27)16-5-7-17(23)8-6-16/h5-11,14-15H,12-13H2,1-4H3,(H,24,25,27). The molecule has 0 spiro atoms.